The number of rotatable bonds is 10. The zero-order chi connectivity index (χ0) is 22.5. The zero-order valence-corrected chi connectivity index (χ0v) is 20.4. The molecule has 0 saturated carbocycles. The van der Waals surface area contributed by atoms with E-state index in [0.717, 1.165) is 12.2 Å². The highest BCUT2D eigenvalue weighted by Gasteiger charge is 2.17. The second-order valence-corrected chi connectivity index (χ2v) is 11.9. The van der Waals surface area contributed by atoms with Gasteiger partial charge in [0.25, 0.3) is 0 Å². The molecule has 2 aromatic rings. The lowest BCUT2D eigenvalue weighted by molar-refractivity contribution is 0.102. The summed E-state index contributed by atoms with van der Waals surface area (Å²) in [7, 11) is -3.69. The van der Waals surface area contributed by atoms with E-state index in [1.807, 2.05) is 6.92 Å². The van der Waals surface area contributed by atoms with Gasteiger partial charge in [-0.2, -0.15) is 0 Å². The van der Waals surface area contributed by atoms with Gasteiger partial charge in [0, 0.05) is 12.2 Å². The summed E-state index contributed by atoms with van der Waals surface area (Å²) in [6.07, 6.45) is 8.60. The Kier molecular flexibility index (Phi) is 11.7. The summed E-state index contributed by atoms with van der Waals surface area (Å²) >= 11 is 0. The molecular formula is C25H36O4S2. The van der Waals surface area contributed by atoms with Crippen LogP contribution in [-0.2, 0) is 31.5 Å². The fourth-order valence-electron chi connectivity index (χ4n) is 3.56. The van der Waals surface area contributed by atoms with Crippen LogP contribution in [-0.4, -0.2) is 37.2 Å². The molecule has 0 aromatic heterocycles. The molecule has 1 heterocycles. The number of hydrogen-bond donors (Lipinski definition) is 0. The Balaban J connectivity index is 0.000000262. The Labute approximate surface area is 191 Å². The number of ether oxygens (including phenoxy) is 1. The SMILES string of the molecule is CC[S+](CCCCCC1CCCO1)Cc1ccccc1.Cc1ccc(S(=O)(=O)[O-])cc1. The second kappa shape index (κ2) is 13.9. The minimum Gasteiger partial charge on any atom is -0.744 e. The van der Waals surface area contributed by atoms with E-state index in [-0.39, 0.29) is 4.90 Å². The molecule has 0 aliphatic carbocycles. The van der Waals surface area contributed by atoms with Crippen molar-refractivity contribution in [2.45, 2.75) is 69.1 Å². The van der Waals surface area contributed by atoms with Gasteiger partial charge in [-0.3, -0.25) is 0 Å². The van der Waals surface area contributed by atoms with E-state index in [1.54, 1.807) is 12.1 Å². The van der Waals surface area contributed by atoms with Gasteiger partial charge in [-0.25, -0.2) is 8.42 Å². The molecule has 0 radical (unpaired) electrons. The molecule has 172 valence electrons. The number of benzene rings is 2. The minimum atomic E-state index is -4.27. The van der Waals surface area contributed by atoms with Gasteiger partial charge >= 0.3 is 0 Å². The van der Waals surface area contributed by atoms with Crippen LogP contribution in [0.3, 0.4) is 0 Å². The predicted molar refractivity (Wildman–Crippen MR) is 130 cm³/mol. The Hall–Kier alpha value is -1.34. The molecule has 1 saturated heterocycles. The third kappa shape index (κ3) is 10.7. The molecule has 0 amide bonds. The Bertz CT molecular complexity index is 830. The Morgan fingerprint density at radius 2 is 1.74 bits per heavy atom. The highest BCUT2D eigenvalue weighted by molar-refractivity contribution is 7.96. The summed E-state index contributed by atoms with van der Waals surface area (Å²) in [5, 5.41) is 0. The van der Waals surface area contributed by atoms with Crippen molar-refractivity contribution < 1.29 is 17.7 Å². The van der Waals surface area contributed by atoms with Gasteiger partial charge in [0.2, 0.25) is 0 Å². The molecule has 1 aliphatic rings. The van der Waals surface area contributed by atoms with Crippen molar-refractivity contribution in [1.29, 1.82) is 0 Å². The van der Waals surface area contributed by atoms with Crippen molar-refractivity contribution in [3.05, 3.63) is 65.7 Å². The topological polar surface area (TPSA) is 66.4 Å². The lowest BCUT2D eigenvalue weighted by atomic mass is 10.1. The van der Waals surface area contributed by atoms with Gasteiger partial charge in [0.15, 0.2) is 0 Å². The molecular weight excluding hydrogens is 428 g/mol. The lowest BCUT2D eigenvalue weighted by Gasteiger charge is -2.09. The summed E-state index contributed by atoms with van der Waals surface area (Å²) in [5.41, 5.74) is 2.44. The van der Waals surface area contributed by atoms with Gasteiger partial charge in [0.1, 0.15) is 27.4 Å². The van der Waals surface area contributed by atoms with E-state index < -0.39 is 10.1 Å². The largest absolute Gasteiger partial charge is 0.744 e. The van der Waals surface area contributed by atoms with Crippen LogP contribution < -0.4 is 0 Å². The maximum Gasteiger partial charge on any atom is 0.133 e. The van der Waals surface area contributed by atoms with Gasteiger partial charge in [-0.1, -0.05) is 54.4 Å². The fraction of sp³-hybridized carbons (Fsp3) is 0.520. The normalized spacial score (nSPS) is 17.1. The smallest absolute Gasteiger partial charge is 0.133 e. The highest BCUT2D eigenvalue weighted by Crippen LogP contribution is 2.19. The van der Waals surface area contributed by atoms with Gasteiger partial charge in [0.05, 0.1) is 11.0 Å². The zero-order valence-electron chi connectivity index (χ0n) is 18.8. The van der Waals surface area contributed by atoms with Crippen molar-refractivity contribution in [2.24, 2.45) is 0 Å². The van der Waals surface area contributed by atoms with Gasteiger partial charge in [-0.05, 0) is 69.0 Å². The van der Waals surface area contributed by atoms with E-state index in [4.69, 9.17) is 4.74 Å². The summed E-state index contributed by atoms with van der Waals surface area (Å²) in [6, 6.07) is 16.8. The average molecular weight is 465 g/mol. The third-order valence-corrected chi connectivity index (χ3v) is 8.69. The molecule has 1 fully saturated rings. The van der Waals surface area contributed by atoms with E-state index in [9.17, 15) is 13.0 Å². The van der Waals surface area contributed by atoms with Gasteiger partial charge in [-0.15, -0.1) is 0 Å². The Morgan fingerprint density at radius 1 is 1.03 bits per heavy atom. The first-order valence-corrected chi connectivity index (χ1v) is 14.3. The molecule has 2 aromatic carbocycles. The Morgan fingerprint density at radius 3 is 2.32 bits per heavy atom. The molecule has 3 rings (SSSR count). The molecule has 6 heteroatoms. The summed E-state index contributed by atoms with van der Waals surface area (Å²) < 4.78 is 36.8. The van der Waals surface area contributed by atoms with Crippen molar-refractivity contribution >= 4 is 21.0 Å². The molecule has 1 aliphatic heterocycles. The average Bonchev–Trinajstić information content (AvgIpc) is 3.27. The van der Waals surface area contributed by atoms with E-state index in [1.165, 1.54) is 73.5 Å². The van der Waals surface area contributed by atoms with E-state index in [2.05, 4.69) is 37.3 Å². The molecule has 0 bridgehead atoms. The van der Waals surface area contributed by atoms with Crippen molar-refractivity contribution in [3.8, 4) is 0 Å². The number of unbranched alkanes of at least 4 members (excludes halogenated alkanes) is 2. The molecule has 2 unspecified atom stereocenters. The third-order valence-electron chi connectivity index (χ3n) is 5.41. The highest BCUT2D eigenvalue weighted by atomic mass is 32.2. The van der Waals surface area contributed by atoms with Crippen LogP contribution in [0.1, 0.15) is 56.6 Å². The fourth-order valence-corrected chi connectivity index (χ4v) is 5.94. The maximum absolute atomic E-state index is 10.4. The molecule has 4 nitrogen and oxygen atoms in total. The summed E-state index contributed by atoms with van der Waals surface area (Å²) in [4.78, 5) is -0.178. The van der Waals surface area contributed by atoms with Crippen LogP contribution in [0, 0.1) is 6.92 Å². The molecule has 0 spiro atoms. The van der Waals surface area contributed by atoms with Crippen molar-refractivity contribution in [3.63, 3.8) is 0 Å². The van der Waals surface area contributed by atoms with Crippen LogP contribution in [0.5, 0.6) is 0 Å². The first-order valence-electron chi connectivity index (χ1n) is 11.2. The van der Waals surface area contributed by atoms with Crippen LogP contribution in [0.25, 0.3) is 0 Å². The van der Waals surface area contributed by atoms with Crippen LogP contribution >= 0.6 is 0 Å². The molecule has 2 atom stereocenters. The van der Waals surface area contributed by atoms with Crippen molar-refractivity contribution in [2.75, 3.05) is 18.1 Å². The molecule has 0 N–H and O–H groups in total. The van der Waals surface area contributed by atoms with E-state index >= 15 is 0 Å². The van der Waals surface area contributed by atoms with Crippen LogP contribution in [0.4, 0.5) is 0 Å². The summed E-state index contributed by atoms with van der Waals surface area (Å²) in [6.45, 7) is 5.17. The van der Waals surface area contributed by atoms with Crippen LogP contribution in [0.15, 0.2) is 59.5 Å². The monoisotopic (exact) mass is 464 g/mol. The standard InChI is InChI=1S/C18H29OS.C7H8O3S/c1-2-20(16-17-10-5-3-6-11-17)15-8-4-7-12-18-13-9-14-19-18;1-6-2-4-7(5-3-6)11(8,9)10/h3,5-6,10-11,18H,2,4,7-9,12-16H2,1H3;2-5H,1H3,(H,8,9,10)/q+1;/p-1. The number of hydrogen-bond acceptors (Lipinski definition) is 4. The summed E-state index contributed by atoms with van der Waals surface area (Å²) in [5.74, 6) is 4.03. The minimum absolute atomic E-state index is 0.178. The van der Waals surface area contributed by atoms with Crippen LogP contribution in [0.2, 0.25) is 0 Å². The lowest BCUT2D eigenvalue weighted by Crippen LogP contribution is -2.13. The van der Waals surface area contributed by atoms with Gasteiger partial charge < -0.3 is 9.29 Å². The molecule has 31 heavy (non-hydrogen) atoms. The van der Waals surface area contributed by atoms with Crippen molar-refractivity contribution in [1.82, 2.24) is 0 Å². The second-order valence-electron chi connectivity index (χ2n) is 7.99. The number of aryl methyl sites for hydroxylation is 1. The first kappa shape index (κ1) is 25.9. The van der Waals surface area contributed by atoms with E-state index in [0.29, 0.717) is 17.0 Å². The predicted octanol–water partition coefficient (Wildman–Crippen LogP) is 5.46. The first-order chi connectivity index (χ1) is 14.9. The maximum atomic E-state index is 10.4. The quantitative estimate of drug-likeness (QED) is 0.266.